The molecular formula is C19H28N2O5. The van der Waals surface area contributed by atoms with E-state index in [2.05, 4.69) is 5.16 Å². The Hall–Kier alpha value is -2.12. The van der Waals surface area contributed by atoms with Gasteiger partial charge in [0.05, 0.1) is 19.1 Å². The molecule has 7 heteroatoms. The molecule has 1 atom stereocenters. The summed E-state index contributed by atoms with van der Waals surface area (Å²) in [6.45, 7) is 2.96. The summed E-state index contributed by atoms with van der Waals surface area (Å²) in [5.74, 6) is 0.604. The molecule has 0 bridgehead atoms. The van der Waals surface area contributed by atoms with Crippen LogP contribution in [0.25, 0.3) is 0 Å². The van der Waals surface area contributed by atoms with Crippen LogP contribution >= 0.6 is 0 Å². The first-order chi connectivity index (χ1) is 12.6. The lowest BCUT2D eigenvalue weighted by molar-refractivity contribution is -0.149. The van der Waals surface area contributed by atoms with Crippen LogP contribution in [0, 0.1) is 11.8 Å². The fraction of sp³-hybridized carbons (Fsp3) is 0.579. The molecule has 2 rings (SSSR count). The maximum absolute atomic E-state index is 12.1. The van der Waals surface area contributed by atoms with Crippen molar-refractivity contribution in [2.24, 2.45) is 22.7 Å². The Morgan fingerprint density at radius 3 is 2.81 bits per heavy atom. The Kier molecular flexibility index (Phi) is 8.37. The predicted octanol–water partition coefficient (Wildman–Crippen LogP) is 2.68. The lowest BCUT2D eigenvalue weighted by atomic mass is 9.93. The number of rotatable bonds is 10. The molecule has 144 valence electrons. The van der Waals surface area contributed by atoms with Crippen LogP contribution in [0.3, 0.4) is 0 Å². The van der Waals surface area contributed by atoms with Gasteiger partial charge in [-0.05, 0) is 30.9 Å². The highest BCUT2D eigenvalue weighted by Crippen LogP contribution is 2.31. The molecular weight excluding hydrogens is 336 g/mol. The normalized spacial score (nSPS) is 16.5. The Bertz CT molecular complexity index is 599. The van der Waals surface area contributed by atoms with E-state index in [4.69, 9.17) is 24.8 Å². The van der Waals surface area contributed by atoms with Crippen LogP contribution < -0.4 is 10.5 Å². The minimum atomic E-state index is -0.334. The summed E-state index contributed by atoms with van der Waals surface area (Å²) in [5, 5.41) is 3.79. The zero-order chi connectivity index (χ0) is 18.8. The van der Waals surface area contributed by atoms with Crippen molar-refractivity contribution < 1.29 is 23.8 Å². The predicted molar refractivity (Wildman–Crippen MR) is 97.7 cm³/mol. The third-order valence-corrected chi connectivity index (χ3v) is 4.58. The molecule has 1 aliphatic rings. The van der Waals surface area contributed by atoms with Gasteiger partial charge in [-0.2, -0.15) is 0 Å². The standard InChI is InChI=1S/C19H28N2O5/c1-14(15-6-3-4-7-15)19(22)26-21-18(20)16-8-5-9-17(12-16)25-13-24-11-10-23-2/h5,8-9,12,14-15H,3-4,6-7,10-11,13H2,1-2H3,(H2,20,21). The molecule has 7 nitrogen and oxygen atoms in total. The summed E-state index contributed by atoms with van der Waals surface area (Å²) >= 11 is 0. The Balaban J connectivity index is 1.85. The van der Waals surface area contributed by atoms with Crippen LogP contribution in [-0.2, 0) is 19.1 Å². The summed E-state index contributed by atoms with van der Waals surface area (Å²) in [6.07, 6.45) is 4.49. The van der Waals surface area contributed by atoms with Gasteiger partial charge in [0.2, 0.25) is 0 Å². The molecule has 0 heterocycles. The average molecular weight is 364 g/mol. The first kappa shape index (κ1) is 20.2. The van der Waals surface area contributed by atoms with Crippen molar-refractivity contribution in [3.8, 4) is 5.75 Å². The molecule has 1 aromatic rings. The third-order valence-electron chi connectivity index (χ3n) is 4.58. The highest BCUT2D eigenvalue weighted by Gasteiger charge is 2.28. The summed E-state index contributed by atoms with van der Waals surface area (Å²) in [5.41, 5.74) is 6.54. The van der Waals surface area contributed by atoms with Crippen molar-refractivity contribution in [2.75, 3.05) is 27.1 Å². The average Bonchev–Trinajstić information content (AvgIpc) is 3.20. The van der Waals surface area contributed by atoms with E-state index in [0.717, 1.165) is 12.8 Å². The van der Waals surface area contributed by atoms with Crippen LogP contribution in [0.2, 0.25) is 0 Å². The van der Waals surface area contributed by atoms with E-state index in [1.54, 1.807) is 31.4 Å². The van der Waals surface area contributed by atoms with E-state index in [1.165, 1.54) is 12.8 Å². The number of oxime groups is 1. The second kappa shape index (κ2) is 10.8. The van der Waals surface area contributed by atoms with Gasteiger partial charge in [0, 0.05) is 12.7 Å². The topological polar surface area (TPSA) is 92.4 Å². The number of nitrogens with two attached hydrogens (primary N) is 1. The molecule has 1 aromatic carbocycles. The molecule has 1 aliphatic carbocycles. The SMILES string of the molecule is COCCOCOc1cccc(C(N)=NOC(=O)C(C)C2CCCC2)c1. The summed E-state index contributed by atoms with van der Waals surface area (Å²) < 4.78 is 15.6. The molecule has 2 N–H and O–H groups in total. The minimum absolute atomic E-state index is 0.109. The minimum Gasteiger partial charge on any atom is -0.468 e. The highest BCUT2D eigenvalue weighted by atomic mass is 16.7. The number of nitrogens with zero attached hydrogens (tertiary/aromatic N) is 1. The van der Waals surface area contributed by atoms with Crippen molar-refractivity contribution in [1.82, 2.24) is 0 Å². The van der Waals surface area contributed by atoms with Gasteiger partial charge in [-0.25, -0.2) is 4.79 Å². The number of amidine groups is 1. The number of methoxy groups -OCH3 is 1. The van der Waals surface area contributed by atoms with E-state index >= 15 is 0 Å². The van der Waals surface area contributed by atoms with Gasteiger partial charge in [0.25, 0.3) is 0 Å². The largest absolute Gasteiger partial charge is 0.468 e. The zero-order valence-electron chi connectivity index (χ0n) is 15.5. The molecule has 26 heavy (non-hydrogen) atoms. The van der Waals surface area contributed by atoms with Gasteiger partial charge in [-0.15, -0.1) is 0 Å². The van der Waals surface area contributed by atoms with E-state index in [1.807, 2.05) is 6.92 Å². The zero-order valence-corrected chi connectivity index (χ0v) is 15.5. The van der Waals surface area contributed by atoms with Crippen molar-refractivity contribution >= 4 is 11.8 Å². The van der Waals surface area contributed by atoms with Gasteiger partial charge < -0.3 is 24.8 Å². The van der Waals surface area contributed by atoms with Crippen LogP contribution in [0.5, 0.6) is 5.75 Å². The third kappa shape index (κ3) is 6.31. The van der Waals surface area contributed by atoms with Crippen LogP contribution in [0.1, 0.15) is 38.2 Å². The molecule has 0 aromatic heterocycles. The maximum Gasteiger partial charge on any atom is 0.338 e. The summed E-state index contributed by atoms with van der Waals surface area (Å²) in [7, 11) is 1.61. The molecule has 1 fully saturated rings. The van der Waals surface area contributed by atoms with Gasteiger partial charge in [-0.1, -0.05) is 37.1 Å². The van der Waals surface area contributed by atoms with Crippen molar-refractivity contribution in [1.29, 1.82) is 0 Å². The molecule has 1 unspecified atom stereocenters. The fourth-order valence-electron chi connectivity index (χ4n) is 2.94. The summed E-state index contributed by atoms with van der Waals surface area (Å²) in [6, 6.07) is 7.05. The van der Waals surface area contributed by atoms with Gasteiger partial charge in [-0.3, -0.25) is 0 Å². The fourth-order valence-corrected chi connectivity index (χ4v) is 2.94. The van der Waals surface area contributed by atoms with E-state index in [-0.39, 0.29) is 24.5 Å². The van der Waals surface area contributed by atoms with Crippen molar-refractivity contribution in [3.05, 3.63) is 29.8 Å². The summed E-state index contributed by atoms with van der Waals surface area (Å²) in [4.78, 5) is 17.2. The maximum atomic E-state index is 12.1. The monoisotopic (exact) mass is 364 g/mol. The number of carbonyl (C=O) groups excluding carboxylic acids is 1. The van der Waals surface area contributed by atoms with Crippen LogP contribution in [-0.4, -0.2) is 38.9 Å². The van der Waals surface area contributed by atoms with Gasteiger partial charge in [0.15, 0.2) is 12.6 Å². The lowest BCUT2D eigenvalue weighted by Crippen LogP contribution is -2.22. The van der Waals surface area contributed by atoms with Crippen LogP contribution in [0.15, 0.2) is 29.4 Å². The van der Waals surface area contributed by atoms with Gasteiger partial charge >= 0.3 is 5.97 Å². The quantitative estimate of drug-likeness (QED) is 0.171. The number of carbonyl (C=O) groups is 1. The van der Waals surface area contributed by atoms with E-state index < -0.39 is 0 Å². The lowest BCUT2D eigenvalue weighted by Gasteiger charge is -2.15. The smallest absolute Gasteiger partial charge is 0.338 e. The van der Waals surface area contributed by atoms with Crippen LogP contribution in [0.4, 0.5) is 0 Å². The number of hydrogen-bond donors (Lipinski definition) is 1. The molecule has 0 amide bonds. The Labute approximate surface area is 154 Å². The molecule has 1 saturated carbocycles. The number of benzene rings is 1. The Morgan fingerprint density at radius 1 is 1.31 bits per heavy atom. The molecule has 0 spiro atoms. The van der Waals surface area contributed by atoms with E-state index in [0.29, 0.717) is 30.4 Å². The Morgan fingerprint density at radius 2 is 2.08 bits per heavy atom. The number of ether oxygens (including phenoxy) is 3. The van der Waals surface area contributed by atoms with Crippen molar-refractivity contribution in [2.45, 2.75) is 32.6 Å². The molecule has 0 aliphatic heterocycles. The number of hydrogen-bond acceptors (Lipinski definition) is 6. The first-order valence-electron chi connectivity index (χ1n) is 8.96. The van der Waals surface area contributed by atoms with Crippen molar-refractivity contribution in [3.63, 3.8) is 0 Å². The van der Waals surface area contributed by atoms with Gasteiger partial charge in [0.1, 0.15) is 5.75 Å². The first-order valence-corrected chi connectivity index (χ1v) is 8.96. The highest BCUT2D eigenvalue weighted by molar-refractivity contribution is 5.97. The van der Waals surface area contributed by atoms with E-state index in [9.17, 15) is 4.79 Å². The second-order valence-electron chi connectivity index (χ2n) is 6.41. The molecule has 0 saturated heterocycles. The second-order valence-corrected chi connectivity index (χ2v) is 6.41. The molecule has 0 radical (unpaired) electrons.